The summed E-state index contributed by atoms with van der Waals surface area (Å²) in [5.41, 5.74) is -0.420. The van der Waals surface area contributed by atoms with E-state index in [4.69, 9.17) is 0 Å². The molecule has 6 heteroatoms. The summed E-state index contributed by atoms with van der Waals surface area (Å²) >= 11 is 0. The highest BCUT2D eigenvalue weighted by Gasteiger charge is 2.47. The molecule has 0 spiro atoms. The third-order valence-electron chi connectivity index (χ3n) is 3.58. The van der Waals surface area contributed by atoms with Crippen molar-refractivity contribution in [3.8, 4) is 0 Å². The van der Waals surface area contributed by atoms with Gasteiger partial charge in [0.15, 0.2) is 5.78 Å². The first-order valence-corrected chi connectivity index (χ1v) is 6.17. The monoisotopic (exact) mass is 263 g/mol. The van der Waals surface area contributed by atoms with Crippen molar-refractivity contribution in [2.45, 2.75) is 25.8 Å². The molecule has 0 aliphatic carbocycles. The van der Waals surface area contributed by atoms with Crippen LogP contribution in [0.3, 0.4) is 0 Å². The van der Waals surface area contributed by atoms with Crippen molar-refractivity contribution in [1.29, 1.82) is 0 Å². The Balaban J connectivity index is 2.16. The molecule has 1 atom stereocenters. The first kappa shape index (κ1) is 13.3. The number of ketones is 1. The Kier molecular flexibility index (Phi) is 3.18. The van der Waals surface area contributed by atoms with Gasteiger partial charge in [0.1, 0.15) is 5.54 Å². The first-order chi connectivity index (χ1) is 8.89. The van der Waals surface area contributed by atoms with E-state index < -0.39 is 11.6 Å². The summed E-state index contributed by atoms with van der Waals surface area (Å²) in [6.45, 7) is 3.26. The number of rotatable bonds is 4. The van der Waals surface area contributed by atoms with Crippen LogP contribution in [0, 0.1) is 0 Å². The molecule has 0 radical (unpaired) electrons. The molecule has 0 aromatic carbocycles. The molecular weight excluding hydrogens is 246 g/mol. The number of imide groups is 1. The second kappa shape index (κ2) is 4.53. The fourth-order valence-electron chi connectivity index (χ4n) is 2.11. The molecule has 2 heterocycles. The molecule has 1 N–H and O–H groups in total. The number of aryl methyl sites for hydroxylation is 1. The van der Waals surface area contributed by atoms with Crippen LogP contribution in [-0.4, -0.2) is 39.3 Å². The summed E-state index contributed by atoms with van der Waals surface area (Å²) in [5, 5.41) is 2.62. The lowest BCUT2D eigenvalue weighted by Crippen LogP contribution is -2.43. The Bertz CT molecular complexity index is 549. The molecule has 2 rings (SSSR count). The van der Waals surface area contributed by atoms with Gasteiger partial charge in [0.2, 0.25) is 0 Å². The number of amides is 3. The fraction of sp³-hybridized carbons (Fsp3) is 0.462. The highest BCUT2D eigenvalue weighted by molar-refractivity contribution is 6.10. The Labute approximate surface area is 111 Å². The minimum absolute atomic E-state index is 0.224. The molecule has 102 valence electrons. The highest BCUT2D eigenvalue weighted by Crippen LogP contribution is 2.21. The second-order valence-electron chi connectivity index (χ2n) is 4.93. The average Bonchev–Trinajstić information content (AvgIpc) is 2.88. The summed E-state index contributed by atoms with van der Waals surface area (Å²) in [6.07, 6.45) is 2.24. The average molecular weight is 263 g/mol. The van der Waals surface area contributed by atoms with Gasteiger partial charge in [0.05, 0.1) is 12.2 Å². The van der Waals surface area contributed by atoms with Crippen LogP contribution in [0.1, 0.15) is 30.8 Å². The topological polar surface area (TPSA) is 71.4 Å². The predicted molar refractivity (Wildman–Crippen MR) is 68.7 cm³/mol. The molecule has 3 amide bonds. The van der Waals surface area contributed by atoms with Gasteiger partial charge in [-0.2, -0.15) is 0 Å². The molecule has 1 aromatic heterocycles. The molecule has 1 fully saturated rings. The lowest BCUT2D eigenvalue weighted by molar-refractivity contribution is -0.130. The van der Waals surface area contributed by atoms with Gasteiger partial charge >= 0.3 is 6.03 Å². The lowest BCUT2D eigenvalue weighted by atomic mass is 9.99. The molecule has 1 aliphatic heterocycles. The Morgan fingerprint density at radius 2 is 2.11 bits per heavy atom. The predicted octanol–water partition coefficient (Wildman–Crippen LogP) is 0.928. The zero-order valence-electron chi connectivity index (χ0n) is 11.3. The van der Waals surface area contributed by atoms with E-state index in [2.05, 4.69) is 5.32 Å². The first-order valence-electron chi connectivity index (χ1n) is 6.17. The zero-order chi connectivity index (χ0) is 14.2. The molecule has 0 saturated carbocycles. The van der Waals surface area contributed by atoms with Gasteiger partial charge in [0.25, 0.3) is 5.91 Å². The SMILES string of the molecule is CC[C@]1(C)NC(=O)N(CC(=O)c2cccn2C)C1=O. The molecule has 1 aromatic rings. The van der Waals surface area contributed by atoms with E-state index in [0.717, 1.165) is 4.90 Å². The minimum atomic E-state index is -0.897. The van der Waals surface area contributed by atoms with E-state index in [9.17, 15) is 14.4 Å². The van der Waals surface area contributed by atoms with Crippen molar-refractivity contribution >= 4 is 17.7 Å². The molecule has 1 aliphatic rings. The highest BCUT2D eigenvalue weighted by atomic mass is 16.2. The van der Waals surface area contributed by atoms with Crippen LogP contribution < -0.4 is 5.32 Å². The van der Waals surface area contributed by atoms with Gasteiger partial charge in [-0.1, -0.05) is 6.92 Å². The maximum atomic E-state index is 12.1. The van der Waals surface area contributed by atoms with E-state index in [1.165, 1.54) is 0 Å². The van der Waals surface area contributed by atoms with E-state index in [-0.39, 0.29) is 18.2 Å². The number of carbonyl (C=O) groups excluding carboxylic acids is 3. The number of hydrogen-bond donors (Lipinski definition) is 1. The van der Waals surface area contributed by atoms with E-state index in [1.807, 2.05) is 6.92 Å². The molecule has 6 nitrogen and oxygen atoms in total. The third kappa shape index (κ3) is 2.14. The van der Waals surface area contributed by atoms with Crippen LogP contribution in [-0.2, 0) is 11.8 Å². The number of carbonyl (C=O) groups is 3. The van der Waals surface area contributed by atoms with Crippen LogP contribution in [0.15, 0.2) is 18.3 Å². The van der Waals surface area contributed by atoms with Gasteiger partial charge in [0, 0.05) is 13.2 Å². The van der Waals surface area contributed by atoms with Crippen molar-refractivity contribution in [1.82, 2.24) is 14.8 Å². The van der Waals surface area contributed by atoms with E-state index in [0.29, 0.717) is 12.1 Å². The largest absolute Gasteiger partial charge is 0.348 e. The number of aromatic nitrogens is 1. The second-order valence-corrected chi connectivity index (χ2v) is 4.93. The van der Waals surface area contributed by atoms with Crippen LogP contribution >= 0.6 is 0 Å². The summed E-state index contributed by atoms with van der Waals surface area (Å²) < 4.78 is 1.67. The third-order valence-corrected chi connectivity index (χ3v) is 3.58. The molecule has 1 saturated heterocycles. The van der Waals surface area contributed by atoms with Crippen molar-refractivity contribution in [2.24, 2.45) is 7.05 Å². The lowest BCUT2D eigenvalue weighted by Gasteiger charge is -2.19. The van der Waals surface area contributed by atoms with Gasteiger partial charge in [-0.05, 0) is 25.5 Å². The van der Waals surface area contributed by atoms with Gasteiger partial charge in [-0.3, -0.25) is 14.5 Å². The molecule has 0 unspecified atom stereocenters. The smallest absolute Gasteiger partial charge is 0.325 e. The molecule has 0 bridgehead atoms. The maximum Gasteiger partial charge on any atom is 0.325 e. The van der Waals surface area contributed by atoms with Crippen molar-refractivity contribution in [3.63, 3.8) is 0 Å². The minimum Gasteiger partial charge on any atom is -0.348 e. The van der Waals surface area contributed by atoms with Gasteiger partial charge < -0.3 is 9.88 Å². The van der Waals surface area contributed by atoms with Crippen molar-refractivity contribution < 1.29 is 14.4 Å². The quantitative estimate of drug-likeness (QED) is 0.649. The van der Waals surface area contributed by atoms with Crippen LogP contribution in [0.25, 0.3) is 0 Å². The van der Waals surface area contributed by atoms with Crippen LogP contribution in [0.2, 0.25) is 0 Å². The molecule has 19 heavy (non-hydrogen) atoms. The normalized spacial score (nSPS) is 22.8. The standard InChI is InChI=1S/C13H17N3O3/c1-4-13(2)11(18)16(12(19)14-13)8-10(17)9-6-5-7-15(9)3/h5-7H,4,8H2,1-3H3,(H,14,19)/t13-/m0/s1. The van der Waals surface area contributed by atoms with Gasteiger partial charge in [-0.25, -0.2) is 4.79 Å². The Morgan fingerprint density at radius 1 is 1.42 bits per heavy atom. The zero-order valence-corrected chi connectivity index (χ0v) is 11.3. The summed E-state index contributed by atoms with van der Waals surface area (Å²) in [4.78, 5) is 37.0. The van der Waals surface area contributed by atoms with Crippen LogP contribution in [0.5, 0.6) is 0 Å². The Hall–Kier alpha value is -2.11. The number of nitrogens with zero attached hydrogens (tertiary/aromatic N) is 2. The number of nitrogens with one attached hydrogen (secondary N) is 1. The van der Waals surface area contributed by atoms with E-state index >= 15 is 0 Å². The maximum absolute atomic E-state index is 12.1. The number of hydrogen-bond acceptors (Lipinski definition) is 3. The fourth-order valence-corrected chi connectivity index (χ4v) is 2.11. The van der Waals surface area contributed by atoms with Crippen LogP contribution in [0.4, 0.5) is 4.79 Å². The summed E-state index contributed by atoms with van der Waals surface area (Å²) in [6, 6.07) is 2.91. The number of urea groups is 1. The summed E-state index contributed by atoms with van der Waals surface area (Å²) in [5.74, 6) is -0.598. The van der Waals surface area contributed by atoms with Crippen molar-refractivity contribution in [2.75, 3.05) is 6.54 Å². The number of Topliss-reactive ketones (excluding diaryl/α,β-unsaturated/α-hetero) is 1. The van der Waals surface area contributed by atoms with E-state index in [1.54, 1.807) is 36.9 Å². The summed E-state index contributed by atoms with van der Waals surface area (Å²) in [7, 11) is 1.75. The van der Waals surface area contributed by atoms with Crippen molar-refractivity contribution in [3.05, 3.63) is 24.0 Å². The molecular formula is C13H17N3O3. The van der Waals surface area contributed by atoms with Gasteiger partial charge in [-0.15, -0.1) is 0 Å². The Morgan fingerprint density at radius 3 is 2.58 bits per heavy atom.